The van der Waals surface area contributed by atoms with E-state index in [9.17, 15) is 4.79 Å². The molecule has 92 valence electrons. The van der Waals surface area contributed by atoms with Gasteiger partial charge < -0.3 is 10.3 Å². The van der Waals surface area contributed by atoms with E-state index in [4.69, 9.17) is 5.73 Å². The predicted octanol–water partition coefficient (Wildman–Crippen LogP) is 1.91. The molecule has 1 aromatic carbocycles. The molecule has 1 aromatic heterocycles. The van der Waals surface area contributed by atoms with Gasteiger partial charge in [-0.2, -0.15) is 0 Å². The van der Waals surface area contributed by atoms with E-state index in [-0.39, 0.29) is 6.04 Å². The SMILES string of the molecule is NC(=O)c1cncn1C1CCCc2ccccc21. The topological polar surface area (TPSA) is 60.9 Å². The molecule has 2 N–H and O–H groups in total. The van der Waals surface area contributed by atoms with Crippen molar-refractivity contribution in [2.24, 2.45) is 5.73 Å². The lowest BCUT2D eigenvalue weighted by atomic mass is 9.87. The van der Waals surface area contributed by atoms with Gasteiger partial charge in [0.25, 0.3) is 5.91 Å². The second-order valence-corrected chi connectivity index (χ2v) is 4.66. The van der Waals surface area contributed by atoms with Crippen molar-refractivity contribution in [3.63, 3.8) is 0 Å². The van der Waals surface area contributed by atoms with Gasteiger partial charge in [-0.05, 0) is 30.4 Å². The molecule has 1 aliphatic carbocycles. The zero-order valence-corrected chi connectivity index (χ0v) is 10.0. The number of carbonyl (C=O) groups excluding carboxylic acids is 1. The number of primary amides is 1. The number of nitrogens with zero attached hydrogens (tertiary/aromatic N) is 2. The summed E-state index contributed by atoms with van der Waals surface area (Å²) in [4.78, 5) is 15.5. The Kier molecular flexibility index (Phi) is 2.63. The molecule has 4 heteroatoms. The Balaban J connectivity index is 2.08. The van der Waals surface area contributed by atoms with E-state index in [0.717, 1.165) is 19.3 Å². The fourth-order valence-corrected chi connectivity index (χ4v) is 2.76. The molecule has 1 amide bonds. The van der Waals surface area contributed by atoms with Crippen LogP contribution in [0.2, 0.25) is 0 Å². The maximum absolute atomic E-state index is 11.4. The van der Waals surface area contributed by atoms with Crippen molar-refractivity contribution in [2.45, 2.75) is 25.3 Å². The van der Waals surface area contributed by atoms with E-state index < -0.39 is 5.91 Å². The van der Waals surface area contributed by atoms with Crippen LogP contribution >= 0.6 is 0 Å². The van der Waals surface area contributed by atoms with E-state index in [1.54, 1.807) is 12.5 Å². The Bertz CT molecular complexity index is 588. The first-order valence-electron chi connectivity index (χ1n) is 6.17. The number of amides is 1. The van der Waals surface area contributed by atoms with Crippen LogP contribution in [0.4, 0.5) is 0 Å². The van der Waals surface area contributed by atoms with E-state index in [1.165, 1.54) is 11.1 Å². The lowest BCUT2D eigenvalue weighted by molar-refractivity contribution is 0.0990. The van der Waals surface area contributed by atoms with Gasteiger partial charge in [-0.25, -0.2) is 4.98 Å². The summed E-state index contributed by atoms with van der Waals surface area (Å²) < 4.78 is 1.90. The van der Waals surface area contributed by atoms with E-state index in [0.29, 0.717) is 5.69 Å². The summed E-state index contributed by atoms with van der Waals surface area (Å²) in [5.41, 5.74) is 8.51. The Morgan fingerprint density at radius 2 is 2.22 bits per heavy atom. The Hall–Kier alpha value is -2.10. The average molecular weight is 241 g/mol. The highest BCUT2D eigenvalue weighted by Crippen LogP contribution is 2.33. The molecule has 4 nitrogen and oxygen atoms in total. The average Bonchev–Trinajstić information content (AvgIpc) is 2.87. The normalized spacial score (nSPS) is 18.3. The van der Waals surface area contributed by atoms with Crippen LogP contribution in [-0.4, -0.2) is 15.5 Å². The third-order valence-corrected chi connectivity index (χ3v) is 3.59. The van der Waals surface area contributed by atoms with Gasteiger partial charge in [0.05, 0.1) is 18.6 Å². The van der Waals surface area contributed by atoms with Gasteiger partial charge in [-0.3, -0.25) is 4.79 Å². The lowest BCUT2D eigenvalue weighted by Crippen LogP contribution is -2.23. The number of benzene rings is 1. The quantitative estimate of drug-likeness (QED) is 0.873. The van der Waals surface area contributed by atoms with Crippen molar-refractivity contribution in [2.75, 3.05) is 0 Å². The molecule has 0 radical (unpaired) electrons. The van der Waals surface area contributed by atoms with Crippen molar-refractivity contribution < 1.29 is 4.79 Å². The summed E-state index contributed by atoms with van der Waals surface area (Å²) in [5.74, 6) is -0.421. The lowest BCUT2D eigenvalue weighted by Gasteiger charge is -2.27. The van der Waals surface area contributed by atoms with Gasteiger partial charge in [-0.15, -0.1) is 0 Å². The fraction of sp³-hybridized carbons (Fsp3) is 0.286. The van der Waals surface area contributed by atoms with Crippen LogP contribution in [0.1, 0.15) is 40.5 Å². The van der Waals surface area contributed by atoms with E-state index in [2.05, 4.69) is 23.2 Å². The first-order valence-corrected chi connectivity index (χ1v) is 6.17. The smallest absolute Gasteiger partial charge is 0.267 e. The van der Waals surface area contributed by atoms with Crippen molar-refractivity contribution in [1.82, 2.24) is 9.55 Å². The summed E-state index contributed by atoms with van der Waals surface area (Å²) in [5, 5.41) is 0. The second kappa shape index (κ2) is 4.29. The minimum Gasteiger partial charge on any atom is -0.364 e. The zero-order chi connectivity index (χ0) is 12.5. The number of imidazole rings is 1. The number of fused-ring (bicyclic) bond motifs is 1. The van der Waals surface area contributed by atoms with Gasteiger partial charge in [-0.1, -0.05) is 24.3 Å². The minimum absolute atomic E-state index is 0.181. The molecule has 1 unspecified atom stereocenters. The highest BCUT2D eigenvalue weighted by Gasteiger charge is 2.23. The Morgan fingerprint density at radius 1 is 1.39 bits per heavy atom. The molecular formula is C14H15N3O. The molecule has 0 saturated heterocycles. The Labute approximate surface area is 105 Å². The van der Waals surface area contributed by atoms with Gasteiger partial charge in [0.1, 0.15) is 5.69 Å². The molecule has 0 aliphatic heterocycles. The molecule has 0 fully saturated rings. The molecule has 1 aliphatic rings. The van der Waals surface area contributed by atoms with Crippen LogP contribution in [0.5, 0.6) is 0 Å². The number of hydrogen-bond acceptors (Lipinski definition) is 2. The number of rotatable bonds is 2. The number of nitrogens with two attached hydrogens (primary N) is 1. The summed E-state index contributed by atoms with van der Waals surface area (Å²) in [6.45, 7) is 0. The summed E-state index contributed by atoms with van der Waals surface area (Å²) >= 11 is 0. The molecule has 3 rings (SSSR count). The van der Waals surface area contributed by atoms with Crippen LogP contribution in [0.3, 0.4) is 0 Å². The van der Waals surface area contributed by atoms with Crippen LogP contribution in [0.25, 0.3) is 0 Å². The molecule has 0 saturated carbocycles. The van der Waals surface area contributed by atoms with E-state index in [1.807, 2.05) is 10.6 Å². The van der Waals surface area contributed by atoms with Gasteiger partial charge in [0.15, 0.2) is 0 Å². The third kappa shape index (κ3) is 1.70. The van der Waals surface area contributed by atoms with Crippen molar-refractivity contribution >= 4 is 5.91 Å². The highest BCUT2D eigenvalue weighted by atomic mass is 16.1. The molecule has 0 bridgehead atoms. The zero-order valence-electron chi connectivity index (χ0n) is 10.0. The highest BCUT2D eigenvalue weighted by molar-refractivity contribution is 5.90. The monoisotopic (exact) mass is 241 g/mol. The van der Waals surface area contributed by atoms with Gasteiger partial charge in [0, 0.05) is 0 Å². The van der Waals surface area contributed by atoms with Crippen LogP contribution < -0.4 is 5.73 Å². The minimum atomic E-state index is -0.421. The van der Waals surface area contributed by atoms with Gasteiger partial charge >= 0.3 is 0 Å². The maximum Gasteiger partial charge on any atom is 0.267 e. The molecule has 2 aromatic rings. The van der Waals surface area contributed by atoms with E-state index >= 15 is 0 Å². The van der Waals surface area contributed by atoms with Crippen molar-refractivity contribution in [3.05, 3.63) is 53.6 Å². The van der Waals surface area contributed by atoms with Crippen LogP contribution in [-0.2, 0) is 6.42 Å². The largest absolute Gasteiger partial charge is 0.364 e. The summed E-state index contributed by atoms with van der Waals surface area (Å²) in [6, 6.07) is 8.56. The van der Waals surface area contributed by atoms with Crippen molar-refractivity contribution in [3.8, 4) is 0 Å². The number of hydrogen-bond donors (Lipinski definition) is 1. The molecule has 1 atom stereocenters. The number of carbonyl (C=O) groups is 1. The maximum atomic E-state index is 11.4. The standard InChI is InChI=1S/C14H15N3O/c15-14(18)13-8-16-9-17(13)12-7-3-5-10-4-1-2-6-11(10)12/h1-2,4,6,8-9,12H,3,5,7H2,(H2,15,18). The van der Waals surface area contributed by atoms with Crippen LogP contribution in [0.15, 0.2) is 36.8 Å². The summed E-state index contributed by atoms with van der Waals surface area (Å²) in [6.07, 6.45) is 6.49. The first kappa shape index (κ1) is 11.0. The third-order valence-electron chi connectivity index (χ3n) is 3.59. The second-order valence-electron chi connectivity index (χ2n) is 4.66. The predicted molar refractivity (Wildman–Crippen MR) is 68.3 cm³/mol. The molecule has 18 heavy (non-hydrogen) atoms. The first-order chi connectivity index (χ1) is 8.77. The van der Waals surface area contributed by atoms with Crippen LogP contribution in [0, 0.1) is 0 Å². The molecular weight excluding hydrogens is 226 g/mol. The fourth-order valence-electron chi connectivity index (χ4n) is 2.76. The Morgan fingerprint density at radius 3 is 3.06 bits per heavy atom. The van der Waals surface area contributed by atoms with Gasteiger partial charge in [0.2, 0.25) is 0 Å². The van der Waals surface area contributed by atoms with Crippen molar-refractivity contribution in [1.29, 1.82) is 0 Å². The summed E-state index contributed by atoms with van der Waals surface area (Å²) in [7, 11) is 0. The molecule has 1 heterocycles. The number of aromatic nitrogens is 2. The molecule has 0 spiro atoms. The number of aryl methyl sites for hydroxylation is 1.